The summed E-state index contributed by atoms with van der Waals surface area (Å²) in [7, 11) is 0. The van der Waals surface area contributed by atoms with Gasteiger partial charge in [0.2, 0.25) is 0 Å². The minimum Gasteiger partial charge on any atom is -0.484 e. The van der Waals surface area contributed by atoms with Gasteiger partial charge in [-0.2, -0.15) is 0 Å². The molecule has 0 aliphatic carbocycles. The molecule has 3 aromatic rings. The van der Waals surface area contributed by atoms with Gasteiger partial charge in [-0.3, -0.25) is 14.5 Å². The number of hydrogen-bond acceptors (Lipinski definition) is 6. The van der Waals surface area contributed by atoms with Crippen LogP contribution in [0.15, 0.2) is 72.8 Å². The SMILES string of the molecule is O=C(COc1ccccc1)Nc1ccc(N2CCc3ccccc3C2)c(C(=O)NCCCN2CCOCC2)c1. The van der Waals surface area contributed by atoms with Crippen LogP contribution in [0.4, 0.5) is 11.4 Å². The molecule has 5 rings (SSSR count). The first-order valence-electron chi connectivity index (χ1n) is 13.7. The first kappa shape index (κ1) is 26.7. The molecule has 8 nitrogen and oxygen atoms in total. The maximum atomic E-state index is 13.4. The largest absolute Gasteiger partial charge is 0.484 e. The number of carbonyl (C=O) groups excluding carboxylic acids is 2. The lowest BCUT2D eigenvalue weighted by Crippen LogP contribution is -2.38. The smallest absolute Gasteiger partial charge is 0.262 e. The number of benzene rings is 3. The molecule has 8 heteroatoms. The predicted octanol–water partition coefficient (Wildman–Crippen LogP) is 3.72. The zero-order chi connectivity index (χ0) is 26.9. The van der Waals surface area contributed by atoms with E-state index in [4.69, 9.17) is 9.47 Å². The second-order valence-electron chi connectivity index (χ2n) is 9.89. The van der Waals surface area contributed by atoms with Gasteiger partial charge in [0.05, 0.1) is 18.8 Å². The number of para-hydroxylation sites is 1. The highest BCUT2D eigenvalue weighted by Crippen LogP contribution is 2.29. The van der Waals surface area contributed by atoms with E-state index in [1.54, 1.807) is 18.2 Å². The molecule has 0 unspecified atom stereocenters. The third-order valence-electron chi connectivity index (χ3n) is 7.15. The third kappa shape index (κ3) is 7.37. The normalized spacial score (nSPS) is 15.3. The maximum absolute atomic E-state index is 13.4. The topological polar surface area (TPSA) is 83.1 Å². The number of nitrogens with zero attached hydrogens (tertiary/aromatic N) is 2. The zero-order valence-electron chi connectivity index (χ0n) is 22.2. The Kier molecular flexibility index (Phi) is 9.09. The van der Waals surface area contributed by atoms with E-state index in [-0.39, 0.29) is 18.4 Å². The van der Waals surface area contributed by atoms with Crippen LogP contribution in [0.3, 0.4) is 0 Å². The van der Waals surface area contributed by atoms with Gasteiger partial charge in [0.1, 0.15) is 5.75 Å². The minimum atomic E-state index is -0.282. The molecule has 2 N–H and O–H groups in total. The highest BCUT2D eigenvalue weighted by atomic mass is 16.5. The standard InChI is InChI=1S/C31H36N4O4/c36-30(23-39-27-9-2-1-3-10-27)33-26-11-12-29(35-16-13-24-7-4-5-8-25(24)22-35)28(21-26)31(37)32-14-6-15-34-17-19-38-20-18-34/h1-5,7-12,21H,6,13-20,22-23H2,(H,32,37)(H,33,36). The van der Waals surface area contributed by atoms with Crippen LogP contribution in [0.1, 0.15) is 27.9 Å². The molecule has 204 valence electrons. The minimum absolute atomic E-state index is 0.113. The van der Waals surface area contributed by atoms with Crippen LogP contribution in [0, 0.1) is 0 Å². The summed E-state index contributed by atoms with van der Waals surface area (Å²) in [6, 6.07) is 23.2. The van der Waals surface area contributed by atoms with E-state index in [0.29, 0.717) is 23.5 Å². The molecular formula is C31H36N4O4. The molecule has 2 aliphatic rings. The van der Waals surface area contributed by atoms with Crippen LogP contribution in [0.5, 0.6) is 5.75 Å². The van der Waals surface area contributed by atoms with Crippen molar-refractivity contribution >= 4 is 23.2 Å². The van der Waals surface area contributed by atoms with Crippen LogP contribution in [0.25, 0.3) is 0 Å². The molecule has 0 radical (unpaired) electrons. The Bertz CT molecular complexity index is 1260. The number of carbonyl (C=O) groups is 2. The molecule has 2 aliphatic heterocycles. The average Bonchev–Trinajstić information content (AvgIpc) is 2.99. The van der Waals surface area contributed by atoms with Crippen molar-refractivity contribution in [2.45, 2.75) is 19.4 Å². The zero-order valence-corrected chi connectivity index (χ0v) is 22.2. The van der Waals surface area contributed by atoms with Gasteiger partial charge in [0.25, 0.3) is 11.8 Å². The van der Waals surface area contributed by atoms with E-state index in [2.05, 4.69) is 44.7 Å². The van der Waals surface area contributed by atoms with Crippen molar-refractivity contribution in [2.24, 2.45) is 0 Å². The predicted molar refractivity (Wildman–Crippen MR) is 152 cm³/mol. The van der Waals surface area contributed by atoms with E-state index in [1.807, 2.05) is 30.3 Å². The summed E-state index contributed by atoms with van der Waals surface area (Å²) >= 11 is 0. The van der Waals surface area contributed by atoms with Crippen molar-refractivity contribution in [2.75, 3.05) is 62.8 Å². The molecule has 2 heterocycles. The van der Waals surface area contributed by atoms with Gasteiger partial charge in [0, 0.05) is 44.1 Å². The Hall–Kier alpha value is -3.88. The molecule has 2 amide bonds. The molecule has 1 fully saturated rings. The summed E-state index contributed by atoms with van der Waals surface area (Å²) < 4.78 is 11.0. The average molecular weight is 529 g/mol. The van der Waals surface area contributed by atoms with Gasteiger partial charge in [-0.1, -0.05) is 42.5 Å². The van der Waals surface area contributed by atoms with Gasteiger partial charge in [-0.15, -0.1) is 0 Å². The fourth-order valence-corrected chi connectivity index (χ4v) is 5.06. The summed E-state index contributed by atoms with van der Waals surface area (Å²) in [5.41, 5.74) is 4.62. The Morgan fingerprint density at radius 1 is 0.897 bits per heavy atom. The van der Waals surface area contributed by atoms with Crippen LogP contribution >= 0.6 is 0 Å². The van der Waals surface area contributed by atoms with Gasteiger partial charge in [-0.25, -0.2) is 0 Å². The number of rotatable bonds is 10. The Labute approximate surface area is 229 Å². The molecule has 1 saturated heterocycles. The number of ether oxygens (including phenoxy) is 2. The van der Waals surface area contributed by atoms with E-state index in [0.717, 1.165) is 64.5 Å². The summed E-state index contributed by atoms with van der Waals surface area (Å²) in [5.74, 6) is 0.211. The Morgan fingerprint density at radius 3 is 2.49 bits per heavy atom. The third-order valence-corrected chi connectivity index (χ3v) is 7.15. The second-order valence-corrected chi connectivity index (χ2v) is 9.89. The van der Waals surface area contributed by atoms with Crippen LogP contribution in [-0.2, 0) is 22.5 Å². The Balaban J connectivity index is 1.26. The van der Waals surface area contributed by atoms with E-state index < -0.39 is 0 Å². The van der Waals surface area contributed by atoms with Gasteiger partial charge in [0.15, 0.2) is 6.61 Å². The fourth-order valence-electron chi connectivity index (χ4n) is 5.06. The highest BCUT2D eigenvalue weighted by molar-refractivity contribution is 6.02. The first-order chi connectivity index (χ1) is 19.2. The monoisotopic (exact) mass is 528 g/mol. The van der Waals surface area contributed by atoms with E-state index in [1.165, 1.54) is 11.1 Å². The molecule has 0 bridgehead atoms. The molecule has 0 saturated carbocycles. The number of nitrogens with one attached hydrogen (secondary N) is 2. The maximum Gasteiger partial charge on any atom is 0.262 e. The van der Waals surface area contributed by atoms with Crippen LogP contribution in [0.2, 0.25) is 0 Å². The van der Waals surface area contributed by atoms with Crippen molar-refractivity contribution in [3.05, 3.63) is 89.5 Å². The van der Waals surface area contributed by atoms with Gasteiger partial charge < -0.3 is 25.0 Å². The molecule has 3 aromatic carbocycles. The van der Waals surface area contributed by atoms with E-state index in [9.17, 15) is 9.59 Å². The molecule has 39 heavy (non-hydrogen) atoms. The molecule has 0 aromatic heterocycles. The van der Waals surface area contributed by atoms with Crippen molar-refractivity contribution < 1.29 is 19.1 Å². The number of morpholine rings is 1. The van der Waals surface area contributed by atoms with Crippen molar-refractivity contribution in [3.63, 3.8) is 0 Å². The lowest BCUT2D eigenvalue weighted by molar-refractivity contribution is -0.118. The fraction of sp³-hybridized carbons (Fsp3) is 0.355. The second kappa shape index (κ2) is 13.3. The van der Waals surface area contributed by atoms with Crippen molar-refractivity contribution in [1.29, 1.82) is 0 Å². The summed E-state index contributed by atoms with van der Waals surface area (Å²) in [6.07, 6.45) is 1.79. The highest BCUT2D eigenvalue weighted by Gasteiger charge is 2.22. The lowest BCUT2D eigenvalue weighted by atomic mass is 9.98. The summed E-state index contributed by atoms with van der Waals surface area (Å²) in [4.78, 5) is 30.6. The van der Waals surface area contributed by atoms with Crippen molar-refractivity contribution in [3.8, 4) is 5.75 Å². The van der Waals surface area contributed by atoms with Gasteiger partial charge >= 0.3 is 0 Å². The summed E-state index contributed by atoms with van der Waals surface area (Å²) in [5, 5.41) is 5.99. The first-order valence-corrected chi connectivity index (χ1v) is 13.7. The molecule has 0 atom stereocenters. The van der Waals surface area contributed by atoms with Gasteiger partial charge in [-0.05, 0) is 60.8 Å². The number of amides is 2. The lowest BCUT2D eigenvalue weighted by Gasteiger charge is -2.32. The molecular weight excluding hydrogens is 492 g/mol. The summed E-state index contributed by atoms with van der Waals surface area (Å²) in [6.45, 7) is 6.37. The van der Waals surface area contributed by atoms with E-state index >= 15 is 0 Å². The number of anilines is 2. The Morgan fingerprint density at radius 2 is 1.67 bits per heavy atom. The van der Waals surface area contributed by atoms with Crippen LogP contribution < -0.4 is 20.3 Å². The number of fused-ring (bicyclic) bond motifs is 1. The molecule has 0 spiro atoms. The van der Waals surface area contributed by atoms with Crippen LogP contribution in [-0.4, -0.2) is 69.3 Å². The number of hydrogen-bond donors (Lipinski definition) is 2. The van der Waals surface area contributed by atoms with Crippen molar-refractivity contribution in [1.82, 2.24) is 10.2 Å². The quantitative estimate of drug-likeness (QED) is 0.391.